The van der Waals surface area contributed by atoms with Crippen molar-refractivity contribution in [3.05, 3.63) is 47.3 Å². The molecule has 7 nitrogen and oxygen atoms in total. The van der Waals surface area contributed by atoms with Gasteiger partial charge in [0.1, 0.15) is 5.56 Å². The third kappa shape index (κ3) is 3.80. The zero-order valence-corrected chi connectivity index (χ0v) is 14.4. The number of aromatic nitrogens is 2. The first kappa shape index (κ1) is 18.9. The summed E-state index contributed by atoms with van der Waals surface area (Å²) in [6.45, 7) is 2.67. The van der Waals surface area contributed by atoms with Gasteiger partial charge in [0.2, 0.25) is 0 Å². The number of carboxylic acids is 1. The molecule has 0 aliphatic carbocycles. The highest BCUT2D eigenvalue weighted by atomic mass is 19.4. The first-order valence-electron chi connectivity index (χ1n) is 8.15. The van der Waals surface area contributed by atoms with E-state index in [-0.39, 0.29) is 11.6 Å². The molecular formula is C17H17F3N4O3. The van der Waals surface area contributed by atoms with Crippen LogP contribution < -0.4 is 0 Å². The maximum Gasteiger partial charge on any atom is 0.434 e. The maximum atomic E-state index is 13.3. The number of amides is 1. The molecule has 1 saturated heterocycles. The molecule has 1 aliphatic rings. The molecule has 0 radical (unpaired) electrons. The van der Waals surface area contributed by atoms with E-state index < -0.39 is 23.4 Å². The van der Waals surface area contributed by atoms with Crippen molar-refractivity contribution in [3.63, 3.8) is 0 Å². The van der Waals surface area contributed by atoms with Crippen molar-refractivity contribution < 1.29 is 27.9 Å². The molecule has 0 atom stereocenters. The van der Waals surface area contributed by atoms with Crippen LogP contribution in [-0.2, 0) is 6.18 Å². The topological polar surface area (TPSA) is 78.7 Å². The summed E-state index contributed by atoms with van der Waals surface area (Å²) in [4.78, 5) is 27.3. The first-order chi connectivity index (χ1) is 12.7. The number of aromatic carboxylic acids is 1. The fourth-order valence-electron chi connectivity index (χ4n) is 2.91. The smallest absolute Gasteiger partial charge is 0.434 e. The molecule has 0 saturated carbocycles. The molecule has 2 aromatic rings. The second-order valence-corrected chi connectivity index (χ2v) is 6.26. The van der Waals surface area contributed by atoms with Crippen molar-refractivity contribution in [3.8, 4) is 5.69 Å². The van der Waals surface area contributed by atoms with Gasteiger partial charge in [-0.3, -0.25) is 4.79 Å². The van der Waals surface area contributed by atoms with Gasteiger partial charge in [-0.2, -0.15) is 18.3 Å². The number of carbonyl (C=O) groups is 2. The number of alkyl halides is 3. The van der Waals surface area contributed by atoms with Crippen LogP contribution in [0.1, 0.15) is 26.4 Å². The van der Waals surface area contributed by atoms with Crippen molar-refractivity contribution in [2.45, 2.75) is 6.18 Å². The highest BCUT2D eigenvalue weighted by molar-refractivity contribution is 5.94. The predicted molar refractivity (Wildman–Crippen MR) is 88.9 cm³/mol. The number of carbonyl (C=O) groups excluding carboxylic acids is 1. The van der Waals surface area contributed by atoms with Gasteiger partial charge in [0.05, 0.1) is 11.9 Å². The average molecular weight is 382 g/mol. The van der Waals surface area contributed by atoms with Gasteiger partial charge >= 0.3 is 12.1 Å². The summed E-state index contributed by atoms with van der Waals surface area (Å²) < 4.78 is 40.4. The molecule has 0 spiro atoms. The number of benzene rings is 1. The molecule has 1 aromatic heterocycles. The van der Waals surface area contributed by atoms with Gasteiger partial charge in [-0.05, 0) is 31.3 Å². The van der Waals surface area contributed by atoms with Crippen molar-refractivity contribution >= 4 is 11.9 Å². The van der Waals surface area contributed by atoms with E-state index in [2.05, 4.69) is 10.00 Å². The van der Waals surface area contributed by atoms with Gasteiger partial charge in [0, 0.05) is 31.7 Å². The summed E-state index contributed by atoms with van der Waals surface area (Å²) in [6.07, 6.45) is -4.23. The molecule has 0 unspecified atom stereocenters. The van der Waals surface area contributed by atoms with Crippen LogP contribution in [0.15, 0.2) is 30.5 Å². The van der Waals surface area contributed by atoms with Crippen LogP contribution in [0.25, 0.3) is 5.69 Å². The van der Waals surface area contributed by atoms with Crippen molar-refractivity contribution in [1.82, 2.24) is 19.6 Å². The average Bonchev–Trinajstić information content (AvgIpc) is 3.08. The fourth-order valence-corrected chi connectivity index (χ4v) is 2.91. The van der Waals surface area contributed by atoms with E-state index in [1.54, 1.807) is 4.90 Å². The summed E-state index contributed by atoms with van der Waals surface area (Å²) in [7, 11) is 1.96. The Kier molecular flexibility index (Phi) is 4.92. The first-order valence-corrected chi connectivity index (χ1v) is 8.15. The third-order valence-corrected chi connectivity index (χ3v) is 4.42. The maximum absolute atomic E-state index is 13.3. The van der Waals surface area contributed by atoms with Crippen LogP contribution in [0, 0.1) is 0 Å². The number of piperazine rings is 1. The molecule has 27 heavy (non-hydrogen) atoms. The van der Waals surface area contributed by atoms with E-state index in [1.165, 1.54) is 24.3 Å². The number of halogens is 3. The van der Waals surface area contributed by atoms with Gasteiger partial charge in [0.15, 0.2) is 5.69 Å². The van der Waals surface area contributed by atoms with E-state index >= 15 is 0 Å². The molecule has 2 heterocycles. The number of hydrogen-bond donors (Lipinski definition) is 1. The van der Waals surface area contributed by atoms with E-state index in [0.717, 1.165) is 13.1 Å². The van der Waals surface area contributed by atoms with Crippen LogP contribution in [0.2, 0.25) is 0 Å². The van der Waals surface area contributed by atoms with Crippen LogP contribution >= 0.6 is 0 Å². The number of nitrogens with zero attached hydrogens (tertiary/aromatic N) is 4. The Bertz CT molecular complexity index is 853. The Morgan fingerprint density at radius 2 is 1.67 bits per heavy atom. The molecule has 1 aliphatic heterocycles. The fraction of sp³-hybridized carbons (Fsp3) is 0.353. The monoisotopic (exact) mass is 382 g/mol. The van der Waals surface area contributed by atoms with E-state index in [0.29, 0.717) is 29.5 Å². The highest BCUT2D eigenvalue weighted by Crippen LogP contribution is 2.33. The molecule has 1 aromatic carbocycles. The lowest BCUT2D eigenvalue weighted by atomic mass is 10.1. The lowest BCUT2D eigenvalue weighted by molar-refractivity contribution is -0.143. The summed E-state index contributed by atoms with van der Waals surface area (Å²) in [5, 5.41) is 12.5. The quantitative estimate of drug-likeness (QED) is 0.878. The summed E-state index contributed by atoms with van der Waals surface area (Å²) in [5.41, 5.74) is -1.93. The molecule has 0 bridgehead atoms. The lowest BCUT2D eigenvalue weighted by Crippen LogP contribution is -2.47. The van der Waals surface area contributed by atoms with Crippen LogP contribution in [0.3, 0.4) is 0 Å². The molecule has 1 amide bonds. The van der Waals surface area contributed by atoms with E-state index in [4.69, 9.17) is 5.11 Å². The van der Waals surface area contributed by atoms with Gasteiger partial charge < -0.3 is 14.9 Å². The lowest BCUT2D eigenvalue weighted by Gasteiger charge is -2.32. The molecule has 3 rings (SSSR count). The largest absolute Gasteiger partial charge is 0.478 e. The van der Waals surface area contributed by atoms with Crippen LogP contribution in [-0.4, -0.2) is 69.8 Å². The Morgan fingerprint density at radius 3 is 2.19 bits per heavy atom. The van der Waals surface area contributed by atoms with Crippen molar-refractivity contribution in [2.24, 2.45) is 0 Å². The number of rotatable bonds is 3. The Morgan fingerprint density at radius 1 is 1.07 bits per heavy atom. The van der Waals surface area contributed by atoms with Crippen molar-refractivity contribution in [1.29, 1.82) is 0 Å². The molecule has 1 fully saturated rings. The zero-order chi connectivity index (χ0) is 19.8. The SMILES string of the molecule is CN1CCN(C(=O)c2ccc(-n3ncc(C(=O)O)c3C(F)(F)F)cc2)CC1. The summed E-state index contributed by atoms with van der Waals surface area (Å²) in [6, 6.07) is 5.46. The number of carboxylic acid groups (broad SMARTS) is 1. The molecule has 1 N–H and O–H groups in total. The van der Waals surface area contributed by atoms with Crippen LogP contribution in [0.4, 0.5) is 13.2 Å². The Balaban J connectivity index is 1.88. The number of hydrogen-bond acceptors (Lipinski definition) is 4. The van der Waals surface area contributed by atoms with Gasteiger partial charge in [-0.1, -0.05) is 0 Å². The summed E-state index contributed by atoms with van der Waals surface area (Å²) in [5.74, 6) is -1.91. The molecular weight excluding hydrogens is 365 g/mol. The number of likely N-dealkylation sites (N-methyl/N-ethyl adjacent to an activating group) is 1. The minimum absolute atomic E-state index is 0.0183. The van der Waals surface area contributed by atoms with E-state index in [1.807, 2.05) is 7.05 Å². The van der Waals surface area contributed by atoms with Gasteiger partial charge in [-0.15, -0.1) is 0 Å². The van der Waals surface area contributed by atoms with Gasteiger partial charge in [-0.25, -0.2) is 9.48 Å². The minimum Gasteiger partial charge on any atom is -0.478 e. The third-order valence-electron chi connectivity index (χ3n) is 4.42. The minimum atomic E-state index is -4.89. The van der Waals surface area contributed by atoms with E-state index in [9.17, 15) is 22.8 Å². The van der Waals surface area contributed by atoms with Crippen molar-refractivity contribution in [2.75, 3.05) is 33.2 Å². The standard InChI is InChI=1S/C17H17F3N4O3/c1-22-6-8-23(9-7-22)15(25)11-2-4-12(5-3-11)24-14(17(18,19)20)13(10-21-24)16(26)27/h2-5,10H,6-9H2,1H3,(H,26,27). The van der Waals surface area contributed by atoms with Crippen LogP contribution in [0.5, 0.6) is 0 Å². The second-order valence-electron chi connectivity index (χ2n) is 6.26. The predicted octanol–water partition coefficient (Wildman–Crippen LogP) is 1.98. The molecule has 144 valence electrons. The normalized spacial score (nSPS) is 15.8. The highest BCUT2D eigenvalue weighted by Gasteiger charge is 2.40. The zero-order valence-electron chi connectivity index (χ0n) is 14.4. The van der Waals surface area contributed by atoms with Gasteiger partial charge in [0.25, 0.3) is 5.91 Å². The molecule has 10 heteroatoms. The Hall–Kier alpha value is -2.88. The second kappa shape index (κ2) is 7.03. The Labute approximate surface area is 152 Å². The summed E-state index contributed by atoms with van der Waals surface area (Å²) >= 11 is 0.